The van der Waals surface area contributed by atoms with E-state index in [2.05, 4.69) is 25.7 Å². The molecule has 0 saturated heterocycles. The highest BCUT2D eigenvalue weighted by Gasteiger charge is 2.34. The van der Waals surface area contributed by atoms with Gasteiger partial charge in [0.15, 0.2) is 35.3 Å². The van der Waals surface area contributed by atoms with Crippen LogP contribution in [-0.2, 0) is 19.1 Å². The topological polar surface area (TPSA) is 138 Å². The van der Waals surface area contributed by atoms with Crippen molar-refractivity contribution in [2.24, 2.45) is 4.99 Å². The third-order valence-electron chi connectivity index (χ3n) is 6.27. The van der Waals surface area contributed by atoms with E-state index in [9.17, 15) is 14.4 Å². The Morgan fingerprint density at radius 2 is 1.93 bits per heavy atom. The van der Waals surface area contributed by atoms with Crippen molar-refractivity contribution in [2.45, 2.75) is 26.8 Å². The second kappa shape index (κ2) is 14.6. The highest BCUT2D eigenvalue weighted by atomic mass is 79.9. The first kappa shape index (κ1) is 32.8. The van der Waals surface area contributed by atoms with Crippen LogP contribution in [0.5, 0.6) is 17.2 Å². The Balaban J connectivity index is 1.88. The van der Waals surface area contributed by atoms with E-state index in [-0.39, 0.29) is 36.2 Å². The van der Waals surface area contributed by atoms with Crippen molar-refractivity contribution < 1.29 is 33.3 Å². The third-order valence-corrected chi connectivity index (χ3v) is 8.13. The molecule has 44 heavy (non-hydrogen) atoms. The highest BCUT2D eigenvalue weighted by Crippen LogP contribution is 2.37. The predicted molar refractivity (Wildman–Crippen MR) is 166 cm³/mol. The van der Waals surface area contributed by atoms with Crippen LogP contribution in [0.1, 0.15) is 37.9 Å². The number of benzene rings is 2. The van der Waals surface area contributed by atoms with Crippen molar-refractivity contribution in [1.29, 1.82) is 5.26 Å². The number of carbonyl (C=O) groups excluding carboxylic acids is 2. The lowest BCUT2D eigenvalue weighted by Crippen LogP contribution is -2.40. The average Bonchev–Trinajstić information content (AvgIpc) is 3.29. The number of halogens is 2. The molecule has 4 rings (SSSR count). The summed E-state index contributed by atoms with van der Waals surface area (Å²) in [5.74, 6) is -0.265. The summed E-state index contributed by atoms with van der Waals surface area (Å²) in [5.41, 5.74) is 1.33. The minimum atomic E-state index is -0.904. The Morgan fingerprint density at radius 1 is 1.16 bits per heavy atom. The van der Waals surface area contributed by atoms with E-state index in [1.54, 1.807) is 57.2 Å². The normalized spacial score (nSPS) is 14.3. The summed E-state index contributed by atoms with van der Waals surface area (Å²) in [5, 5.41) is 9.09. The lowest BCUT2D eigenvalue weighted by Gasteiger charge is -2.25. The number of thiazole rings is 1. The van der Waals surface area contributed by atoms with E-state index in [1.165, 1.54) is 11.7 Å². The molecule has 0 unspecified atom stereocenters. The Morgan fingerprint density at radius 3 is 2.59 bits per heavy atom. The van der Waals surface area contributed by atoms with E-state index in [4.69, 9.17) is 35.8 Å². The number of allylic oxidation sites excluding steroid dienone is 1. The largest absolute Gasteiger partial charge is 0.490 e. The van der Waals surface area contributed by atoms with Gasteiger partial charge < -0.3 is 23.7 Å². The number of aromatic nitrogens is 1. The Bertz CT molecular complexity index is 1840. The van der Waals surface area contributed by atoms with E-state index in [1.807, 2.05) is 6.07 Å². The second-order valence-electron chi connectivity index (χ2n) is 9.07. The molecule has 1 aliphatic rings. The molecule has 0 fully saturated rings. The van der Waals surface area contributed by atoms with Crippen molar-refractivity contribution in [1.82, 2.24) is 4.57 Å². The van der Waals surface area contributed by atoms with Gasteiger partial charge in [-0.2, -0.15) is 5.26 Å². The molecule has 0 bridgehead atoms. The van der Waals surface area contributed by atoms with Crippen LogP contribution >= 0.6 is 38.9 Å². The van der Waals surface area contributed by atoms with Gasteiger partial charge in [-0.05, 0) is 78.2 Å². The van der Waals surface area contributed by atoms with Gasteiger partial charge in [-0.15, -0.1) is 0 Å². The number of ether oxygens (including phenoxy) is 5. The van der Waals surface area contributed by atoms with Gasteiger partial charge in [-0.25, -0.2) is 14.6 Å². The van der Waals surface area contributed by atoms with Crippen LogP contribution in [0.3, 0.4) is 0 Å². The van der Waals surface area contributed by atoms with Gasteiger partial charge in [-0.1, -0.05) is 29.0 Å². The number of carbonyl (C=O) groups is 2. The fourth-order valence-electron chi connectivity index (χ4n) is 4.44. The molecule has 0 N–H and O–H groups in total. The fourth-order valence-corrected chi connectivity index (χ4v) is 6.48. The third kappa shape index (κ3) is 6.99. The smallest absolute Gasteiger partial charge is 0.343 e. The molecule has 0 radical (unpaired) electrons. The molecular formula is C30H27BrClN3O8S. The minimum Gasteiger partial charge on any atom is -0.490 e. The van der Waals surface area contributed by atoms with Crippen LogP contribution in [0.2, 0.25) is 5.02 Å². The molecule has 1 aliphatic heterocycles. The summed E-state index contributed by atoms with van der Waals surface area (Å²) < 4.78 is 29.1. The molecule has 0 saturated carbocycles. The van der Waals surface area contributed by atoms with Gasteiger partial charge in [0.2, 0.25) is 0 Å². The Hall–Kier alpha value is -4.12. The van der Waals surface area contributed by atoms with Crippen LogP contribution in [0, 0.1) is 11.3 Å². The van der Waals surface area contributed by atoms with E-state index in [0.29, 0.717) is 48.7 Å². The molecule has 14 heteroatoms. The lowest BCUT2D eigenvalue weighted by molar-refractivity contribution is -0.143. The van der Waals surface area contributed by atoms with Crippen molar-refractivity contribution in [3.63, 3.8) is 0 Å². The van der Waals surface area contributed by atoms with E-state index in [0.717, 1.165) is 11.3 Å². The van der Waals surface area contributed by atoms with Gasteiger partial charge in [-0.3, -0.25) is 9.36 Å². The zero-order valence-corrected chi connectivity index (χ0v) is 27.3. The maximum absolute atomic E-state index is 14.0. The molecule has 0 spiro atoms. The van der Waals surface area contributed by atoms with Gasteiger partial charge in [0.05, 0.1) is 51.7 Å². The number of esters is 2. The first-order valence-corrected chi connectivity index (χ1v) is 15.3. The number of hydrogen-bond acceptors (Lipinski definition) is 11. The molecule has 1 aromatic heterocycles. The first-order chi connectivity index (χ1) is 21.1. The SMILES string of the molecule is CCOC(=O)C1=C(C)N=c2s/c(=C\c3cc(Cl)c(OCC#N)c(Br)c3)c(=O)n2[C@H]1c1ccc(OCC(=O)OC)c(OCC)c1. The van der Waals surface area contributed by atoms with E-state index < -0.39 is 23.5 Å². The van der Waals surface area contributed by atoms with Crippen LogP contribution in [0.15, 0.2) is 55.9 Å². The lowest BCUT2D eigenvalue weighted by atomic mass is 9.95. The van der Waals surface area contributed by atoms with Crippen LogP contribution in [-0.4, -0.2) is 50.0 Å². The van der Waals surface area contributed by atoms with Crippen LogP contribution < -0.4 is 29.1 Å². The number of rotatable bonds is 11. The zero-order valence-electron chi connectivity index (χ0n) is 24.1. The summed E-state index contributed by atoms with van der Waals surface area (Å²) in [7, 11) is 1.26. The van der Waals surface area contributed by atoms with Crippen LogP contribution in [0.25, 0.3) is 6.08 Å². The first-order valence-electron chi connectivity index (χ1n) is 13.3. The van der Waals surface area contributed by atoms with Gasteiger partial charge >= 0.3 is 11.9 Å². The average molecular weight is 705 g/mol. The Labute approximate surface area is 269 Å². The monoisotopic (exact) mass is 703 g/mol. The minimum absolute atomic E-state index is 0.126. The molecule has 2 heterocycles. The Kier molecular flexibility index (Phi) is 10.9. The van der Waals surface area contributed by atoms with Gasteiger partial charge in [0.1, 0.15) is 6.07 Å². The van der Waals surface area contributed by atoms with Crippen molar-refractivity contribution in [3.05, 3.63) is 81.9 Å². The predicted octanol–water partition coefficient (Wildman–Crippen LogP) is 4.07. The molecule has 0 amide bonds. The highest BCUT2D eigenvalue weighted by molar-refractivity contribution is 9.10. The maximum Gasteiger partial charge on any atom is 0.343 e. The molecule has 1 atom stereocenters. The van der Waals surface area contributed by atoms with E-state index >= 15 is 0 Å². The van der Waals surface area contributed by atoms with Crippen molar-refractivity contribution >= 4 is 56.9 Å². The second-order valence-corrected chi connectivity index (χ2v) is 11.3. The standard InChI is InChI=1S/C30H27BrClN3O8S/c1-5-40-22-14-18(7-8-21(22)43-15-24(36)39-4)26-25(29(38)41-6-2)16(3)34-30-35(26)28(37)23(44-30)13-17-11-19(31)27(20(32)12-17)42-10-9-33/h7-8,11-14,26H,5-6,10,15H2,1-4H3/b23-13-/t26-/m0/s1. The van der Waals surface area contributed by atoms with Crippen molar-refractivity contribution in [3.8, 4) is 23.3 Å². The summed E-state index contributed by atoms with van der Waals surface area (Å²) in [6.45, 7) is 5.08. The summed E-state index contributed by atoms with van der Waals surface area (Å²) in [6.07, 6.45) is 1.66. The molecule has 230 valence electrons. The summed E-state index contributed by atoms with van der Waals surface area (Å²) in [6, 6.07) is 9.27. The molecule has 0 aliphatic carbocycles. The van der Waals surface area contributed by atoms with Gasteiger partial charge in [0, 0.05) is 0 Å². The van der Waals surface area contributed by atoms with Crippen molar-refractivity contribution in [2.75, 3.05) is 33.5 Å². The molecular weight excluding hydrogens is 678 g/mol. The quantitative estimate of drug-likeness (QED) is 0.271. The molecule has 2 aromatic carbocycles. The number of fused-ring (bicyclic) bond motifs is 1. The summed E-state index contributed by atoms with van der Waals surface area (Å²) in [4.78, 5) is 43.9. The molecule has 3 aromatic rings. The zero-order chi connectivity index (χ0) is 32.0. The summed E-state index contributed by atoms with van der Waals surface area (Å²) >= 11 is 11.0. The fraction of sp³-hybridized carbons (Fsp3) is 0.300. The number of methoxy groups -OCH3 is 1. The maximum atomic E-state index is 14.0. The molecule has 11 nitrogen and oxygen atoms in total. The van der Waals surface area contributed by atoms with Gasteiger partial charge in [0.25, 0.3) is 5.56 Å². The number of hydrogen-bond donors (Lipinski definition) is 0. The van der Waals surface area contributed by atoms with Crippen LogP contribution in [0.4, 0.5) is 0 Å². The number of nitrogens with zero attached hydrogens (tertiary/aromatic N) is 3. The number of nitriles is 1.